The van der Waals surface area contributed by atoms with Gasteiger partial charge in [0.25, 0.3) is 12.1 Å². The van der Waals surface area contributed by atoms with Crippen molar-refractivity contribution >= 4 is 5.97 Å². The van der Waals surface area contributed by atoms with Crippen LogP contribution in [0.1, 0.15) is 0 Å². The molecule has 8 heteroatoms. The second-order valence-corrected chi connectivity index (χ2v) is 2.80. The van der Waals surface area contributed by atoms with Crippen LogP contribution in [0.3, 0.4) is 0 Å². The van der Waals surface area contributed by atoms with Crippen molar-refractivity contribution in [1.82, 2.24) is 0 Å². The lowest BCUT2D eigenvalue weighted by Crippen LogP contribution is -2.64. The first-order valence-electron chi connectivity index (χ1n) is 3.55. The van der Waals surface area contributed by atoms with E-state index in [1.807, 2.05) is 0 Å². The SMILES string of the molecule is O=C1O[C@H]([C@]2(O)OOC2O)C(O)=C1O. The largest absolute Gasteiger partial charge is 0.505 e. The van der Waals surface area contributed by atoms with E-state index in [4.69, 9.17) is 15.3 Å². The van der Waals surface area contributed by atoms with Crippen LogP contribution in [-0.2, 0) is 19.3 Å². The van der Waals surface area contributed by atoms with Gasteiger partial charge in [0.15, 0.2) is 5.76 Å². The number of rotatable bonds is 1. The molecule has 8 nitrogen and oxygen atoms in total. The van der Waals surface area contributed by atoms with E-state index < -0.39 is 35.7 Å². The highest BCUT2D eigenvalue weighted by atomic mass is 17.3. The first kappa shape index (κ1) is 9.21. The van der Waals surface area contributed by atoms with Gasteiger partial charge in [0.1, 0.15) is 0 Å². The fourth-order valence-electron chi connectivity index (χ4n) is 1.09. The molecule has 0 aromatic carbocycles. The summed E-state index contributed by atoms with van der Waals surface area (Å²) in [6.07, 6.45) is -3.47. The van der Waals surface area contributed by atoms with Crippen molar-refractivity contribution in [3.05, 3.63) is 11.5 Å². The minimum Gasteiger partial charge on any atom is -0.505 e. The molecule has 14 heavy (non-hydrogen) atoms. The highest BCUT2D eigenvalue weighted by Gasteiger charge is 2.62. The number of esters is 1. The van der Waals surface area contributed by atoms with E-state index in [2.05, 4.69) is 14.5 Å². The third-order valence-electron chi connectivity index (χ3n) is 1.91. The van der Waals surface area contributed by atoms with Gasteiger partial charge in [0.05, 0.1) is 0 Å². The summed E-state index contributed by atoms with van der Waals surface area (Å²) in [6.45, 7) is 0. The van der Waals surface area contributed by atoms with Crippen molar-refractivity contribution < 1.29 is 39.7 Å². The van der Waals surface area contributed by atoms with E-state index in [9.17, 15) is 9.90 Å². The number of cyclic esters (lactones) is 1. The molecule has 0 saturated carbocycles. The molecule has 2 heterocycles. The predicted molar refractivity (Wildman–Crippen MR) is 35.3 cm³/mol. The summed E-state index contributed by atoms with van der Waals surface area (Å²) in [7, 11) is 0. The zero-order valence-electron chi connectivity index (χ0n) is 6.58. The number of aliphatic hydroxyl groups is 4. The van der Waals surface area contributed by atoms with Crippen LogP contribution in [0.15, 0.2) is 11.5 Å². The topological polar surface area (TPSA) is 126 Å². The molecule has 2 aliphatic rings. The molecule has 0 radical (unpaired) electrons. The number of hydrogen-bond acceptors (Lipinski definition) is 8. The Morgan fingerprint density at radius 2 is 2.00 bits per heavy atom. The molecule has 1 fully saturated rings. The Morgan fingerprint density at radius 1 is 1.36 bits per heavy atom. The smallest absolute Gasteiger partial charge is 0.378 e. The molecular weight excluding hydrogens is 200 g/mol. The van der Waals surface area contributed by atoms with Crippen LogP contribution in [0.5, 0.6) is 0 Å². The van der Waals surface area contributed by atoms with Gasteiger partial charge in [0, 0.05) is 0 Å². The molecule has 0 aliphatic carbocycles. The Balaban J connectivity index is 2.26. The Morgan fingerprint density at radius 3 is 2.29 bits per heavy atom. The van der Waals surface area contributed by atoms with E-state index in [0.717, 1.165) is 0 Å². The lowest BCUT2D eigenvalue weighted by atomic mass is 10.1. The van der Waals surface area contributed by atoms with Gasteiger partial charge in [-0.3, -0.25) is 0 Å². The Bertz CT molecular complexity index is 322. The van der Waals surface area contributed by atoms with Crippen molar-refractivity contribution in [1.29, 1.82) is 0 Å². The second kappa shape index (κ2) is 2.58. The van der Waals surface area contributed by atoms with Gasteiger partial charge in [0.2, 0.25) is 11.9 Å². The number of ether oxygens (including phenoxy) is 1. The van der Waals surface area contributed by atoms with Crippen LogP contribution >= 0.6 is 0 Å². The number of aliphatic hydroxyl groups excluding tert-OH is 3. The first-order valence-corrected chi connectivity index (χ1v) is 3.55. The zero-order valence-corrected chi connectivity index (χ0v) is 6.58. The fourth-order valence-corrected chi connectivity index (χ4v) is 1.09. The maximum absolute atomic E-state index is 10.7. The summed E-state index contributed by atoms with van der Waals surface area (Å²) in [4.78, 5) is 18.8. The fraction of sp³-hybridized carbons (Fsp3) is 0.500. The predicted octanol–water partition coefficient (Wildman–Crippen LogP) is -1.79. The lowest BCUT2D eigenvalue weighted by molar-refractivity contribution is -0.614. The van der Waals surface area contributed by atoms with Crippen molar-refractivity contribution in [2.45, 2.75) is 18.2 Å². The minimum absolute atomic E-state index is 0.917. The number of hydrogen-bond donors (Lipinski definition) is 4. The average Bonchev–Trinajstić information content (AvgIpc) is 2.42. The molecule has 3 atom stereocenters. The zero-order chi connectivity index (χ0) is 10.5. The van der Waals surface area contributed by atoms with Crippen molar-refractivity contribution in [3.63, 3.8) is 0 Å². The molecule has 0 aromatic heterocycles. The van der Waals surface area contributed by atoms with E-state index in [1.54, 1.807) is 0 Å². The Kier molecular flexibility index (Phi) is 1.70. The van der Waals surface area contributed by atoms with E-state index in [0.29, 0.717) is 0 Å². The van der Waals surface area contributed by atoms with Crippen LogP contribution in [0.25, 0.3) is 0 Å². The quantitative estimate of drug-likeness (QED) is 0.292. The monoisotopic (exact) mass is 206 g/mol. The molecule has 0 amide bonds. The van der Waals surface area contributed by atoms with Crippen molar-refractivity contribution in [2.75, 3.05) is 0 Å². The lowest BCUT2D eigenvalue weighted by Gasteiger charge is -2.40. The summed E-state index contributed by atoms with van der Waals surface area (Å²) >= 11 is 0. The molecule has 1 unspecified atom stereocenters. The molecule has 2 aliphatic heterocycles. The van der Waals surface area contributed by atoms with Crippen LogP contribution in [0.2, 0.25) is 0 Å². The van der Waals surface area contributed by atoms with Crippen molar-refractivity contribution in [2.24, 2.45) is 0 Å². The molecule has 0 aromatic rings. The van der Waals surface area contributed by atoms with Crippen LogP contribution in [0.4, 0.5) is 0 Å². The molecule has 0 bridgehead atoms. The van der Waals surface area contributed by atoms with Crippen LogP contribution in [-0.4, -0.2) is 44.6 Å². The van der Waals surface area contributed by atoms with Gasteiger partial charge >= 0.3 is 5.97 Å². The Hall–Kier alpha value is -1.35. The third-order valence-corrected chi connectivity index (χ3v) is 1.91. The molecule has 2 rings (SSSR count). The Labute approximate surface area is 76.5 Å². The summed E-state index contributed by atoms with van der Waals surface area (Å²) in [6, 6.07) is 0. The van der Waals surface area contributed by atoms with Gasteiger partial charge in [-0.25, -0.2) is 4.79 Å². The summed E-state index contributed by atoms with van der Waals surface area (Å²) < 4.78 is 4.34. The van der Waals surface area contributed by atoms with Crippen LogP contribution < -0.4 is 0 Å². The van der Waals surface area contributed by atoms with E-state index >= 15 is 0 Å². The standard InChI is InChI=1S/C6H6O8/c7-1-2(8)4(9)12-3(1)6(11)5(10)13-14-6/h3,5,7-8,10-11H/t3-,5?,6-/m0/s1. The molecular formula is C6H6O8. The van der Waals surface area contributed by atoms with E-state index in [-0.39, 0.29) is 0 Å². The molecule has 4 N–H and O–H groups in total. The maximum atomic E-state index is 10.7. The second-order valence-electron chi connectivity index (χ2n) is 2.80. The van der Waals surface area contributed by atoms with Crippen molar-refractivity contribution in [3.8, 4) is 0 Å². The van der Waals surface area contributed by atoms with Gasteiger partial charge in [-0.15, -0.1) is 0 Å². The highest BCUT2D eigenvalue weighted by Crippen LogP contribution is 2.37. The van der Waals surface area contributed by atoms with E-state index in [1.165, 1.54) is 0 Å². The summed E-state index contributed by atoms with van der Waals surface area (Å²) in [5.74, 6) is -5.56. The third kappa shape index (κ3) is 0.930. The minimum atomic E-state index is -2.38. The van der Waals surface area contributed by atoms with Gasteiger partial charge < -0.3 is 25.2 Å². The van der Waals surface area contributed by atoms with Gasteiger partial charge in [-0.05, 0) is 0 Å². The summed E-state index contributed by atoms with van der Waals surface area (Å²) in [5.41, 5.74) is 0. The number of carbonyl (C=O) groups is 1. The van der Waals surface area contributed by atoms with Gasteiger partial charge in [-0.2, -0.15) is 9.78 Å². The summed E-state index contributed by atoms with van der Waals surface area (Å²) in [5, 5.41) is 36.3. The normalized spacial score (nSPS) is 42.3. The number of carbonyl (C=O) groups excluding carboxylic acids is 1. The average molecular weight is 206 g/mol. The molecule has 1 saturated heterocycles. The van der Waals surface area contributed by atoms with Crippen LogP contribution in [0, 0.1) is 0 Å². The first-order chi connectivity index (χ1) is 6.47. The maximum Gasteiger partial charge on any atom is 0.378 e. The van der Waals surface area contributed by atoms with Gasteiger partial charge in [-0.1, -0.05) is 0 Å². The molecule has 78 valence electrons. The highest BCUT2D eigenvalue weighted by molar-refractivity contribution is 5.89. The molecule has 0 spiro atoms.